The van der Waals surface area contributed by atoms with Crippen LogP contribution in [0.4, 0.5) is 0 Å². The van der Waals surface area contributed by atoms with Gasteiger partial charge in [0.2, 0.25) is 0 Å². The van der Waals surface area contributed by atoms with Gasteiger partial charge in [0, 0.05) is 43.8 Å². The van der Waals surface area contributed by atoms with Crippen molar-refractivity contribution in [3.8, 4) is 0 Å². The maximum atomic E-state index is 6.00. The van der Waals surface area contributed by atoms with Crippen LogP contribution in [0.2, 0.25) is 5.02 Å². The van der Waals surface area contributed by atoms with Crippen molar-refractivity contribution in [2.75, 3.05) is 26.2 Å². The van der Waals surface area contributed by atoms with Crippen molar-refractivity contribution in [2.24, 2.45) is 0 Å². The van der Waals surface area contributed by atoms with Crippen molar-refractivity contribution in [3.05, 3.63) is 34.9 Å². The molecule has 0 amide bonds. The predicted octanol–water partition coefficient (Wildman–Crippen LogP) is 2.87. The molecule has 0 radical (unpaired) electrons. The average Bonchev–Trinajstić information content (AvgIpc) is 2.29. The van der Waals surface area contributed by atoms with E-state index in [4.69, 9.17) is 11.6 Å². The molecule has 17 heavy (non-hydrogen) atoms. The van der Waals surface area contributed by atoms with E-state index in [2.05, 4.69) is 35.8 Å². The summed E-state index contributed by atoms with van der Waals surface area (Å²) in [7, 11) is 0. The third-order valence-corrected chi connectivity index (χ3v) is 3.67. The molecule has 1 fully saturated rings. The summed E-state index contributed by atoms with van der Waals surface area (Å²) in [5.41, 5.74) is 1.32. The van der Waals surface area contributed by atoms with Gasteiger partial charge in [0.1, 0.15) is 0 Å². The molecule has 0 spiro atoms. The van der Waals surface area contributed by atoms with Gasteiger partial charge in [0.15, 0.2) is 0 Å². The monoisotopic (exact) mass is 252 g/mol. The summed E-state index contributed by atoms with van der Waals surface area (Å²) >= 11 is 6.00. The van der Waals surface area contributed by atoms with Gasteiger partial charge < -0.3 is 0 Å². The van der Waals surface area contributed by atoms with Gasteiger partial charge in [-0.3, -0.25) is 9.80 Å². The maximum Gasteiger partial charge on any atom is 0.0409 e. The van der Waals surface area contributed by atoms with E-state index in [-0.39, 0.29) is 0 Å². The Morgan fingerprint density at radius 1 is 1.18 bits per heavy atom. The van der Waals surface area contributed by atoms with Gasteiger partial charge in [-0.25, -0.2) is 0 Å². The average molecular weight is 253 g/mol. The van der Waals surface area contributed by atoms with Crippen LogP contribution in [0.15, 0.2) is 24.3 Å². The van der Waals surface area contributed by atoms with Crippen LogP contribution in [-0.4, -0.2) is 42.0 Å². The zero-order valence-corrected chi connectivity index (χ0v) is 11.5. The number of rotatable bonds is 3. The highest BCUT2D eigenvalue weighted by Gasteiger charge is 2.18. The highest BCUT2D eigenvalue weighted by molar-refractivity contribution is 6.30. The second-order valence-corrected chi connectivity index (χ2v) is 5.47. The van der Waals surface area contributed by atoms with E-state index in [1.54, 1.807) is 0 Å². The molecule has 3 heteroatoms. The molecule has 0 aliphatic carbocycles. The molecule has 0 atom stereocenters. The van der Waals surface area contributed by atoms with Gasteiger partial charge in [0.05, 0.1) is 0 Å². The van der Waals surface area contributed by atoms with Crippen molar-refractivity contribution in [2.45, 2.75) is 26.4 Å². The van der Waals surface area contributed by atoms with E-state index in [0.717, 1.165) is 24.7 Å². The molecule has 0 saturated carbocycles. The van der Waals surface area contributed by atoms with Gasteiger partial charge >= 0.3 is 0 Å². The van der Waals surface area contributed by atoms with Crippen LogP contribution in [-0.2, 0) is 6.54 Å². The number of nitrogens with zero attached hydrogens (tertiary/aromatic N) is 2. The zero-order chi connectivity index (χ0) is 12.3. The van der Waals surface area contributed by atoms with Crippen molar-refractivity contribution in [1.29, 1.82) is 0 Å². The first-order valence-electron chi connectivity index (χ1n) is 6.36. The van der Waals surface area contributed by atoms with Crippen LogP contribution in [0, 0.1) is 0 Å². The van der Waals surface area contributed by atoms with E-state index in [1.807, 2.05) is 12.1 Å². The molecule has 2 nitrogen and oxygen atoms in total. The minimum absolute atomic E-state index is 0.670. The van der Waals surface area contributed by atoms with Crippen LogP contribution in [0.1, 0.15) is 19.4 Å². The molecule has 1 aliphatic rings. The molecule has 94 valence electrons. The minimum atomic E-state index is 0.670. The molecular formula is C14H21ClN2. The lowest BCUT2D eigenvalue weighted by Crippen LogP contribution is -2.48. The van der Waals surface area contributed by atoms with Crippen molar-refractivity contribution >= 4 is 11.6 Å². The lowest BCUT2D eigenvalue weighted by molar-refractivity contribution is 0.104. The molecule has 1 aliphatic heterocycles. The Hall–Kier alpha value is -0.570. The Bertz CT molecular complexity index is 357. The van der Waals surface area contributed by atoms with Gasteiger partial charge in [-0.1, -0.05) is 23.7 Å². The second-order valence-electron chi connectivity index (χ2n) is 5.04. The molecule has 1 saturated heterocycles. The quantitative estimate of drug-likeness (QED) is 0.816. The molecule has 2 rings (SSSR count). The first-order valence-corrected chi connectivity index (χ1v) is 6.74. The third kappa shape index (κ3) is 3.70. The number of hydrogen-bond acceptors (Lipinski definition) is 2. The van der Waals surface area contributed by atoms with Crippen molar-refractivity contribution in [3.63, 3.8) is 0 Å². The summed E-state index contributed by atoms with van der Waals surface area (Å²) in [6.07, 6.45) is 0. The SMILES string of the molecule is CC(C)N1CCN(Cc2cccc(Cl)c2)CC1. The van der Waals surface area contributed by atoms with Gasteiger partial charge in [-0.2, -0.15) is 0 Å². The van der Waals surface area contributed by atoms with E-state index in [0.29, 0.717) is 6.04 Å². The lowest BCUT2D eigenvalue weighted by Gasteiger charge is -2.36. The molecule has 1 aromatic rings. The Balaban J connectivity index is 1.86. The molecule has 1 aromatic carbocycles. The smallest absolute Gasteiger partial charge is 0.0409 e. The Labute approximate surface area is 109 Å². The van der Waals surface area contributed by atoms with E-state index < -0.39 is 0 Å². The van der Waals surface area contributed by atoms with E-state index in [1.165, 1.54) is 18.7 Å². The normalized spacial score (nSPS) is 18.8. The second kappa shape index (κ2) is 5.85. The number of benzene rings is 1. The summed E-state index contributed by atoms with van der Waals surface area (Å²) < 4.78 is 0. The molecule has 0 aromatic heterocycles. The molecular weight excluding hydrogens is 232 g/mol. The molecule has 0 unspecified atom stereocenters. The highest BCUT2D eigenvalue weighted by Crippen LogP contribution is 2.14. The highest BCUT2D eigenvalue weighted by atomic mass is 35.5. The van der Waals surface area contributed by atoms with Crippen molar-refractivity contribution in [1.82, 2.24) is 9.80 Å². The zero-order valence-electron chi connectivity index (χ0n) is 10.7. The van der Waals surface area contributed by atoms with Gasteiger partial charge in [-0.15, -0.1) is 0 Å². The van der Waals surface area contributed by atoms with Crippen LogP contribution >= 0.6 is 11.6 Å². The maximum absolute atomic E-state index is 6.00. The number of hydrogen-bond donors (Lipinski definition) is 0. The van der Waals surface area contributed by atoms with E-state index >= 15 is 0 Å². The van der Waals surface area contributed by atoms with Gasteiger partial charge in [0.25, 0.3) is 0 Å². The fourth-order valence-electron chi connectivity index (χ4n) is 2.33. The molecule has 1 heterocycles. The number of halogens is 1. The predicted molar refractivity (Wildman–Crippen MR) is 73.4 cm³/mol. The third-order valence-electron chi connectivity index (χ3n) is 3.43. The van der Waals surface area contributed by atoms with E-state index in [9.17, 15) is 0 Å². The topological polar surface area (TPSA) is 6.48 Å². The Morgan fingerprint density at radius 2 is 1.88 bits per heavy atom. The standard InChI is InChI=1S/C14H21ClN2/c1-12(2)17-8-6-16(7-9-17)11-13-4-3-5-14(15)10-13/h3-5,10,12H,6-9,11H2,1-2H3. The summed E-state index contributed by atoms with van der Waals surface area (Å²) in [4.78, 5) is 5.04. The first kappa shape index (κ1) is 12.9. The van der Waals surface area contributed by atoms with Crippen molar-refractivity contribution < 1.29 is 0 Å². The summed E-state index contributed by atoms with van der Waals surface area (Å²) in [6.45, 7) is 10.2. The van der Waals surface area contributed by atoms with Crippen LogP contribution in [0.5, 0.6) is 0 Å². The summed E-state index contributed by atoms with van der Waals surface area (Å²) in [5, 5.41) is 0.836. The molecule has 0 bridgehead atoms. The molecule has 0 N–H and O–H groups in total. The Kier molecular flexibility index (Phi) is 4.43. The minimum Gasteiger partial charge on any atom is -0.298 e. The van der Waals surface area contributed by atoms with Crippen LogP contribution in [0.3, 0.4) is 0 Å². The fraction of sp³-hybridized carbons (Fsp3) is 0.571. The Morgan fingerprint density at radius 3 is 2.47 bits per heavy atom. The summed E-state index contributed by atoms with van der Waals surface area (Å²) in [5.74, 6) is 0. The van der Waals surface area contributed by atoms with Crippen LogP contribution < -0.4 is 0 Å². The first-order chi connectivity index (χ1) is 8.15. The lowest BCUT2D eigenvalue weighted by atomic mass is 10.2. The largest absolute Gasteiger partial charge is 0.298 e. The van der Waals surface area contributed by atoms with Gasteiger partial charge in [-0.05, 0) is 31.5 Å². The fourth-order valence-corrected chi connectivity index (χ4v) is 2.54. The summed E-state index contributed by atoms with van der Waals surface area (Å²) in [6, 6.07) is 8.85. The number of piperazine rings is 1. The van der Waals surface area contributed by atoms with Crippen LogP contribution in [0.25, 0.3) is 0 Å².